The first kappa shape index (κ1) is 8.76. The quantitative estimate of drug-likeness (QED) is 0.505. The third-order valence-corrected chi connectivity index (χ3v) is 3.04. The van der Waals surface area contributed by atoms with Gasteiger partial charge in [-0.05, 0) is 12.5 Å². The van der Waals surface area contributed by atoms with Gasteiger partial charge >= 0.3 is 0 Å². The van der Waals surface area contributed by atoms with Gasteiger partial charge in [0, 0.05) is 6.04 Å². The molecule has 50 valence electrons. The molecule has 0 aliphatic carbocycles. The number of hydrogen-bond acceptors (Lipinski definition) is 1. The fraction of sp³-hybridized carbons (Fsp3) is 1.00. The second kappa shape index (κ2) is 4.62. The molecule has 2 N–H and O–H groups in total. The lowest BCUT2D eigenvalue weighted by Crippen LogP contribution is -2.21. The van der Waals surface area contributed by atoms with Crippen molar-refractivity contribution >= 4 is 29.6 Å². The summed E-state index contributed by atoms with van der Waals surface area (Å²) >= 11 is 11.2. The van der Waals surface area contributed by atoms with Gasteiger partial charge in [-0.25, -0.2) is 0 Å². The van der Waals surface area contributed by atoms with E-state index in [4.69, 9.17) is 27.9 Å². The smallest absolute Gasteiger partial charge is 0.238 e. The van der Waals surface area contributed by atoms with Gasteiger partial charge in [-0.2, -0.15) is 22.2 Å². The van der Waals surface area contributed by atoms with Crippen LogP contribution in [0.4, 0.5) is 0 Å². The Morgan fingerprint density at radius 2 is 2.12 bits per heavy atom. The molecular weight excluding hydrogens is 161 g/mol. The van der Waals surface area contributed by atoms with E-state index in [1.165, 1.54) is 0 Å². The van der Waals surface area contributed by atoms with Crippen LogP contribution >= 0.6 is 22.2 Å². The summed E-state index contributed by atoms with van der Waals surface area (Å²) in [6.07, 6.45) is 0.975. The Balaban J connectivity index is 3.10. The number of nitrogens with two attached hydrogens (primary N) is 1. The van der Waals surface area contributed by atoms with Crippen LogP contribution in [0.15, 0.2) is 0 Å². The minimum Gasteiger partial charge on any atom is -0.328 e. The van der Waals surface area contributed by atoms with Gasteiger partial charge in [-0.1, -0.05) is 6.92 Å². The van der Waals surface area contributed by atoms with E-state index in [-0.39, 0.29) is 6.04 Å². The van der Waals surface area contributed by atoms with E-state index in [1.54, 1.807) is 0 Å². The van der Waals surface area contributed by atoms with Crippen LogP contribution in [0.1, 0.15) is 13.3 Å². The molecule has 4 heteroatoms. The molecule has 1 atom stereocenters. The summed E-state index contributed by atoms with van der Waals surface area (Å²) in [7, 11) is -1.43. The van der Waals surface area contributed by atoms with Gasteiger partial charge in [0.2, 0.25) is 7.42 Å². The summed E-state index contributed by atoms with van der Waals surface area (Å²) in [4.78, 5) is 0. The Morgan fingerprint density at radius 3 is 2.25 bits per heavy atom. The molecule has 0 bridgehead atoms. The largest absolute Gasteiger partial charge is 0.328 e. The van der Waals surface area contributed by atoms with E-state index < -0.39 is 7.42 Å². The van der Waals surface area contributed by atoms with E-state index in [0.717, 1.165) is 12.5 Å². The highest BCUT2D eigenvalue weighted by Crippen LogP contribution is 2.06. The lowest BCUT2D eigenvalue weighted by atomic mass is 10.3. The topological polar surface area (TPSA) is 26.0 Å². The molecule has 0 radical (unpaired) electrons. The van der Waals surface area contributed by atoms with Crippen LogP contribution in [0.3, 0.4) is 0 Å². The van der Waals surface area contributed by atoms with E-state index in [9.17, 15) is 0 Å². The molecule has 0 spiro atoms. The SMILES string of the molecule is CCC(N)C[SiH](Cl)Cl. The monoisotopic (exact) mass is 171 g/mol. The van der Waals surface area contributed by atoms with Crippen LogP contribution in [0, 0.1) is 0 Å². The molecule has 0 aromatic rings. The van der Waals surface area contributed by atoms with Gasteiger partial charge in [0.1, 0.15) is 0 Å². The zero-order valence-electron chi connectivity index (χ0n) is 4.90. The molecule has 1 nitrogen and oxygen atoms in total. The molecule has 8 heavy (non-hydrogen) atoms. The molecule has 0 saturated carbocycles. The first-order valence-corrected chi connectivity index (χ1v) is 7.01. The third-order valence-electron chi connectivity index (χ3n) is 1.01. The van der Waals surface area contributed by atoms with Gasteiger partial charge in [-0.3, -0.25) is 0 Å². The molecule has 0 aromatic carbocycles. The van der Waals surface area contributed by atoms with Crippen molar-refractivity contribution in [3.63, 3.8) is 0 Å². The van der Waals surface area contributed by atoms with Gasteiger partial charge in [0.05, 0.1) is 0 Å². The minimum atomic E-state index is -1.43. The Labute approximate surface area is 61.2 Å². The fourth-order valence-electron chi connectivity index (χ4n) is 0.396. The summed E-state index contributed by atoms with van der Waals surface area (Å²) in [6.45, 7) is 2.04. The van der Waals surface area contributed by atoms with Crippen molar-refractivity contribution in [2.45, 2.75) is 25.4 Å². The highest BCUT2D eigenvalue weighted by atomic mass is 35.7. The van der Waals surface area contributed by atoms with Gasteiger partial charge in [0.25, 0.3) is 0 Å². The van der Waals surface area contributed by atoms with Crippen LogP contribution in [0.25, 0.3) is 0 Å². The first-order valence-electron chi connectivity index (χ1n) is 2.70. The number of hydrogen-bond donors (Lipinski definition) is 1. The fourth-order valence-corrected chi connectivity index (χ4v) is 2.56. The van der Waals surface area contributed by atoms with Crippen LogP contribution < -0.4 is 5.73 Å². The first-order chi connectivity index (χ1) is 3.66. The summed E-state index contributed by atoms with van der Waals surface area (Å²) in [5.74, 6) is 0. The molecule has 0 saturated heterocycles. The van der Waals surface area contributed by atoms with Crippen molar-refractivity contribution < 1.29 is 0 Å². The molecule has 0 fully saturated rings. The van der Waals surface area contributed by atoms with Crippen molar-refractivity contribution in [3.8, 4) is 0 Å². The highest BCUT2D eigenvalue weighted by molar-refractivity contribution is 7.33. The standard InChI is InChI=1S/C4H11Cl2NSi/c1-2-4(7)3-8(5)6/h4,8H,2-3,7H2,1H3. The Kier molecular flexibility index (Phi) is 5.06. The zero-order chi connectivity index (χ0) is 6.57. The molecule has 1 unspecified atom stereocenters. The average Bonchev–Trinajstić information content (AvgIpc) is 1.65. The van der Waals surface area contributed by atoms with Crippen molar-refractivity contribution in [1.82, 2.24) is 0 Å². The maximum absolute atomic E-state index is 5.58. The van der Waals surface area contributed by atoms with Gasteiger partial charge in [0.15, 0.2) is 0 Å². The molecule has 0 heterocycles. The second-order valence-corrected chi connectivity index (χ2v) is 6.88. The van der Waals surface area contributed by atoms with Crippen LogP contribution in [-0.4, -0.2) is 13.5 Å². The van der Waals surface area contributed by atoms with Crippen LogP contribution in [-0.2, 0) is 0 Å². The van der Waals surface area contributed by atoms with Crippen molar-refractivity contribution in [3.05, 3.63) is 0 Å². The normalized spacial score (nSPS) is 14.6. The molecule has 0 rings (SSSR count). The third kappa shape index (κ3) is 4.90. The average molecular weight is 172 g/mol. The molecule has 0 aliphatic heterocycles. The predicted octanol–water partition coefficient (Wildman–Crippen LogP) is 1.42. The summed E-state index contributed by atoms with van der Waals surface area (Å²) < 4.78 is 0. The van der Waals surface area contributed by atoms with E-state index in [0.29, 0.717) is 0 Å². The maximum Gasteiger partial charge on any atom is 0.238 e. The van der Waals surface area contributed by atoms with Gasteiger partial charge in [-0.15, -0.1) is 0 Å². The van der Waals surface area contributed by atoms with Crippen molar-refractivity contribution in [1.29, 1.82) is 0 Å². The number of rotatable bonds is 3. The van der Waals surface area contributed by atoms with E-state index in [2.05, 4.69) is 0 Å². The second-order valence-electron chi connectivity index (χ2n) is 1.80. The summed E-state index contributed by atoms with van der Waals surface area (Å²) in [6, 6.07) is 1.06. The maximum atomic E-state index is 5.58. The molecule has 0 aliphatic rings. The predicted molar refractivity (Wildman–Crippen MR) is 41.9 cm³/mol. The Hall–Kier alpha value is 0.757. The molecule has 0 aromatic heterocycles. The van der Waals surface area contributed by atoms with E-state index >= 15 is 0 Å². The Bertz CT molecular complexity index is 60.0. The highest BCUT2D eigenvalue weighted by Gasteiger charge is 2.06. The number of halogens is 2. The lowest BCUT2D eigenvalue weighted by molar-refractivity contribution is 0.712. The Morgan fingerprint density at radius 1 is 1.62 bits per heavy atom. The minimum absolute atomic E-state index is 0.224. The summed E-state index contributed by atoms with van der Waals surface area (Å²) in [5, 5.41) is 0. The summed E-state index contributed by atoms with van der Waals surface area (Å²) in [5.41, 5.74) is 5.54. The van der Waals surface area contributed by atoms with Crippen LogP contribution in [0.2, 0.25) is 6.04 Å². The van der Waals surface area contributed by atoms with Crippen LogP contribution in [0.5, 0.6) is 0 Å². The zero-order valence-corrected chi connectivity index (χ0v) is 7.57. The molecular formula is C4H11Cl2NSi. The van der Waals surface area contributed by atoms with E-state index in [1.807, 2.05) is 6.92 Å². The van der Waals surface area contributed by atoms with Crippen molar-refractivity contribution in [2.24, 2.45) is 5.73 Å². The van der Waals surface area contributed by atoms with Crippen molar-refractivity contribution in [2.75, 3.05) is 0 Å². The van der Waals surface area contributed by atoms with Gasteiger partial charge < -0.3 is 5.73 Å². The lowest BCUT2D eigenvalue weighted by Gasteiger charge is -2.05. The molecule has 0 amide bonds.